The lowest BCUT2D eigenvalue weighted by molar-refractivity contribution is -0.115. The molecule has 6 heteroatoms. The van der Waals surface area contributed by atoms with Crippen LogP contribution in [0.4, 0.5) is 10.1 Å². The molecule has 0 saturated carbocycles. The standard InChI is InChI=1S/C10H13FN2O2.ClH/c1-12-6-10(14)13-8-5-7(11)3-4-9(8)15-2;/h3-5,12H,6H2,1-2H3,(H,13,14);1H. The number of ether oxygens (including phenoxy) is 1. The van der Waals surface area contributed by atoms with Gasteiger partial charge in [0.25, 0.3) is 0 Å². The van der Waals surface area contributed by atoms with E-state index in [1.807, 2.05) is 0 Å². The van der Waals surface area contributed by atoms with E-state index in [1.165, 1.54) is 25.3 Å². The molecule has 0 bridgehead atoms. The van der Waals surface area contributed by atoms with Gasteiger partial charge in [-0.25, -0.2) is 4.39 Å². The first-order chi connectivity index (χ1) is 7.17. The van der Waals surface area contributed by atoms with Gasteiger partial charge >= 0.3 is 0 Å². The van der Waals surface area contributed by atoms with E-state index in [0.717, 1.165) is 0 Å². The van der Waals surface area contributed by atoms with Crippen molar-refractivity contribution in [2.45, 2.75) is 0 Å². The summed E-state index contributed by atoms with van der Waals surface area (Å²) >= 11 is 0. The Kier molecular flexibility index (Phi) is 6.44. The van der Waals surface area contributed by atoms with Gasteiger partial charge in [0.05, 0.1) is 19.3 Å². The lowest BCUT2D eigenvalue weighted by Gasteiger charge is -2.09. The third-order valence-corrected chi connectivity index (χ3v) is 1.77. The van der Waals surface area contributed by atoms with Gasteiger partial charge in [0, 0.05) is 6.07 Å². The van der Waals surface area contributed by atoms with Crippen molar-refractivity contribution in [3.05, 3.63) is 24.0 Å². The van der Waals surface area contributed by atoms with E-state index in [1.54, 1.807) is 7.05 Å². The minimum atomic E-state index is -0.421. The number of methoxy groups -OCH3 is 1. The monoisotopic (exact) mass is 248 g/mol. The molecule has 1 rings (SSSR count). The number of rotatable bonds is 4. The maximum Gasteiger partial charge on any atom is 0.238 e. The van der Waals surface area contributed by atoms with Gasteiger partial charge in [0.15, 0.2) is 0 Å². The van der Waals surface area contributed by atoms with Crippen LogP contribution in [0.25, 0.3) is 0 Å². The topological polar surface area (TPSA) is 50.4 Å². The molecule has 0 saturated heterocycles. The summed E-state index contributed by atoms with van der Waals surface area (Å²) in [4.78, 5) is 11.2. The molecule has 1 aromatic carbocycles. The Bertz CT molecular complexity index is 361. The van der Waals surface area contributed by atoms with Crippen LogP contribution in [0.15, 0.2) is 18.2 Å². The first kappa shape index (κ1) is 14.7. The summed E-state index contributed by atoms with van der Waals surface area (Å²) in [6, 6.07) is 3.95. The fourth-order valence-corrected chi connectivity index (χ4v) is 1.13. The van der Waals surface area contributed by atoms with E-state index in [2.05, 4.69) is 10.6 Å². The second-order valence-corrected chi connectivity index (χ2v) is 2.92. The van der Waals surface area contributed by atoms with Crippen molar-refractivity contribution < 1.29 is 13.9 Å². The molecule has 2 N–H and O–H groups in total. The van der Waals surface area contributed by atoms with Gasteiger partial charge in [0.2, 0.25) is 5.91 Å². The summed E-state index contributed by atoms with van der Waals surface area (Å²) in [7, 11) is 3.11. The third-order valence-electron chi connectivity index (χ3n) is 1.77. The molecule has 16 heavy (non-hydrogen) atoms. The molecule has 0 aliphatic carbocycles. The second-order valence-electron chi connectivity index (χ2n) is 2.92. The zero-order valence-electron chi connectivity index (χ0n) is 9.04. The van der Waals surface area contributed by atoms with Crippen molar-refractivity contribution in [3.63, 3.8) is 0 Å². The summed E-state index contributed by atoms with van der Waals surface area (Å²) in [5.74, 6) is -0.238. The number of halogens is 2. The molecule has 0 aromatic heterocycles. The predicted molar refractivity (Wildman–Crippen MR) is 62.8 cm³/mol. The van der Waals surface area contributed by atoms with Crippen molar-refractivity contribution in [2.24, 2.45) is 0 Å². The zero-order chi connectivity index (χ0) is 11.3. The summed E-state index contributed by atoms with van der Waals surface area (Å²) in [5.41, 5.74) is 0.331. The van der Waals surface area contributed by atoms with Gasteiger partial charge in [-0.05, 0) is 19.2 Å². The highest BCUT2D eigenvalue weighted by Gasteiger charge is 2.07. The molecule has 0 aliphatic heterocycles. The largest absolute Gasteiger partial charge is 0.495 e. The van der Waals surface area contributed by atoms with Crippen molar-refractivity contribution in [1.82, 2.24) is 5.32 Å². The number of carbonyl (C=O) groups excluding carboxylic acids is 1. The quantitative estimate of drug-likeness (QED) is 0.847. The number of hydrogen-bond donors (Lipinski definition) is 2. The average molecular weight is 249 g/mol. The van der Waals surface area contributed by atoms with Gasteiger partial charge < -0.3 is 15.4 Å². The van der Waals surface area contributed by atoms with Crippen molar-refractivity contribution >= 4 is 24.0 Å². The number of benzene rings is 1. The Morgan fingerprint density at radius 1 is 1.50 bits per heavy atom. The SMILES string of the molecule is CNCC(=O)Nc1cc(F)ccc1OC.Cl. The molecule has 1 amide bonds. The van der Waals surface area contributed by atoms with Crippen LogP contribution in [-0.2, 0) is 4.79 Å². The van der Waals surface area contributed by atoms with Crippen LogP contribution >= 0.6 is 12.4 Å². The van der Waals surface area contributed by atoms with Crippen LogP contribution in [0.2, 0.25) is 0 Å². The van der Waals surface area contributed by atoms with Crippen LogP contribution in [0.3, 0.4) is 0 Å². The molecular weight excluding hydrogens is 235 g/mol. The molecule has 0 fully saturated rings. The molecular formula is C10H14ClFN2O2. The number of nitrogens with one attached hydrogen (secondary N) is 2. The Balaban J connectivity index is 0.00000225. The van der Waals surface area contributed by atoms with Gasteiger partial charge in [0.1, 0.15) is 11.6 Å². The minimum Gasteiger partial charge on any atom is -0.495 e. The van der Waals surface area contributed by atoms with Crippen LogP contribution in [0.5, 0.6) is 5.75 Å². The molecule has 90 valence electrons. The van der Waals surface area contributed by atoms with Crippen LogP contribution in [0, 0.1) is 5.82 Å². The van der Waals surface area contributed by atoms with Gasteiger partial charge in [-0.2, -0.15) is 0 Å². The smallest absolute Gasteiger partial charge is 0.238 e. The lowest BCUT2D eigenvalue weighted by atomic mass is 10.3. The Hall–Kier alpha value is -1.33. The van der Waals surface area contributed by atoms with E-state index >= 15 is 0 Å². The predicted octanol–water partition coefficient (Wildman–Crippen LogP) is 1.41. The van der Waals surface area contributed by atoms with Crippen molar-refractivity contribution in [1.29, 1.82) is 0 Å². The maximum atomic E-state index is 12.9. The molecule has 4 nitrogen and oxygen atoms in total. The summed E-state index contributed by atoms with van der Waals surface area (Å²) < 4.78 is 17.9. The lowest BCUT2D eigenvalue weighted by Crippen LogP contribution is -2.25. The van der Waals surface area contributed by atoms with Gasteiger partial charge in [-0.15, -0.1) is 12.4 Å². The Morgan fingerprint density at radius 2 is 2.19 bits per heavy atom. The van der Waals surface area contributed by atoms with Gasteiger partial charge in [-0.1, -0.05) is 0 Å². The van der Waals surface area contributed by atoms with E-state index in [4.69, 9.17) is 4.74 Å². The molecule has 0 radical (unpaired) electrons. The summed E-state index contributed by atoms with van der Waals surface area (Å²) in [6.07, 6.45) is 0. The highest BCUT2D eigenvalue weighted by molar-refractivity contribution is 5.93. The first-order valence-electron chi connectivity index (χ1n) is 4.45. The number of amides is 1. The van der Waals surface area contributed by atoms with E-state index in [-0.39, 0.29) is 24.9 Å². The molecule has 0 unspecified atom stereocenters. The van der Waals surface area contributed by atoms with Crippen molar-refractivity contribution in [3.8, 4) is 5.75 Å². The van der Waals surface area contributed by atoms with Crippen LogP contribution < -0.4 is 15.4 Å². The Morgan fingerprint density at radius 3 is 2.75 bits per heavy atom. The normalized spacial score (nSPS) is 9.19. The Labute approximate surface area is 99.6 Å². The van der Waals surface area contributed by atoms with Crippen LogP contribution in [-0.4, -0.2) is 26.6 Å². The van der Waals surface area contributed by atoms with Crippen LogP contribution in [0.1, 0.15) is 0 Å². The minimum absolute atomic E-state index is 0. The number of carbonyl (C=O) groups is 1. The number of anilines is 1. The fourth-order valence-electron chi connectivity index (χ4n) is 1.13. The highest BCUT2D eigenvalue weighted by atomic mass is 35.5. The number of hydrogen-bond acceptors (Lipinski definition) is 3. The summed E-state index contributed by atoms with van der Waals surface area (Å²) in [6.45, 7) is 0.166. The zero-order valence-corrected chi connectivity index (χ0v) is 9.86. The third kappa shape index (κ3) is 4.04. The molecule has 0 heterocycles. The molecule has 0 aliphatic rings. The van der Waals surface area contributed by atoms with Gasteiger partial charge in [-0.3, -0.25) is 4.79 Å². The first-order valence-corrected chi connectivity index (χ1v) is 4.45. The van der Waals surface area contributed by atoms with E-state index in [0.29, 0.717) is 11.4 Å². The van der Waals surface area contributed by atoms with Crippen molar-refractivity contribution in [2.75, 3.05) is 26.0 Å². The maximum absolute atomic E-state index is 12.9. The number of likely N-dealkylation sites (N-methyl/N-ethyl adjacent to an activating group) is 1. The highest BCUT2D eigenvalue weighted by Crippen LogP contribution is 2.24. The molecule has 0 spiro atoms. The second kappa shape index (κ2) is 7.03. The molecule has 0 atom stereocenters. The van der Waals surface area contributed by atoms with E-state index < -0.39 is 5.82 Å². The fraction of sp³-hybridized carbons (Fsp3) is 0.300. The summed E-state index contributed by atoms with van der Waals surface area (Å²) in [5, 5.41) is 5.23. The van der Waals surface area contributed by atoms with E-state index in [9.17, 15) is 9.18 Å². The average Bonchev–Trinajstić information content (AvgIpc) is 2.18. The molecule has 1 aromatic rings.